The minimum atomic E-state index is -3.65. The third-order valence-electron chi connectivity index (χ3n) is 4.03. The Balaban J connectivity index is 2.68. The van der Waals surface area contributed by atoms with Crippen molar-refractivity contribution in [1.29, 1.82) is 0 Å². The first-order valence-corrected chi connectivity index (χ1v) is 8.68. The van der Waals surface area contributed by atoms with Crippen molar-refractivity contribution in [1.82, 2.24) is 4.90 Å². The van der Waals surface area contributed by atoms with Gasteiger partial charge in [0, 0.05) is 12.2 Å². The zero-order valence-corrected chi connectivity index (χ0v) is 13.3. The van der Waals surface area contributed by atoms with Crippen LogP contribution in [-0.2, 0) is 14.6 Å². The number of carbonyl (C=O) groups is 2. The number of nitrogens with zero attached hydrogens (tertiary/aromatic N) is 1. The molecular weight excluding hydrogens is 324 g/mol. The van der Waals surface area contributed by atoms with Gasteiger partial charge in [0.05, 0.1) is 22.6 Å². The average Bonchev–Trinajstić information content (AvgIpc) is 2.92. The maximum atomic E-state index is 12.3. The monoisotopic (exact) mass is 342 g/mol. The van der Waals surface area contributed by atoms with Crippen LogP contribution in [0.4, 0.5) is 10.5 Å². The van der Waals surface area contributed by atoms with Crippen molar-refractivity contribution in [3.8, 4) is 0 Å². The lowest BCUT2D eigenvalue weighted by Crippen LogP contribution is -2.33. The molecule has 1 aromatic carbocycles. The van der Waals surface area contributed by atoms with Crippen LogP contribution in [0.5, 0.6) is 0 Å². The highest BCUT2D eigenvalue weighted by Gasteiger charge is 2.44. The quantitative estimate of drug-likeness (QED) is 0.698. The summed E-state index contributed by atoms with van der Waals surface area (Å²) < 4.78 is 24.6. The van der Waals surface area contributed by atoms with E-state index in [1.165, 1.54) is 25.1 Å². The molecule has 0 unspecified atom stereocenters. The Morgan fingerprint density at radius 2 is 2.00 bits per heavy atom. The van der Waals surface area contributed by atoms with E-state index in [4.69, 9.17) is 5.73 Å². The summed E-state index contributed by atoms with van der Waals surface area (Å²) in [4.78, 5) is 23.8. The van der Waals surface area contributed by atoms with Gasteiger partial charge in [0.25, 0.3) is 0 Å². The van der Waals surface area contributed by atoms with Crippen LogP contribution in [0.1, 0.15) is 24.9 Å². The molecule has 0 aliphatic carbocycles. The Bertz CT molecular complexity index is 724. The number of carboxylic acid groups (broad SMARTS) is 2. The summed E-state index contributed by atoms with van der Waals surface area (Å²) >= 11 is 0. The molecule has 0 spiro atoms. The van der Waals surface area contributed by atoms with Crippen LogP contribution in [0.2, 0.25) is 0 Å². The summed E-state index contributed by atoms with van der Waals surface area (Å²) in [6, 6.07) is 2.98. The Morgan fingerprint density at radius 3 is 2.52 bits per heavy atom. The maximum absolute atomic E-state index is 12.3. The smallest absolute Gasteiger partial charge is 0.407 e. The summed E-state index contributed by atoms with van der Waals surface area (Å²) in [5.74, 6) is -2.36. The lowest BCUT2D eigenvalue weighted by molar-refractivity contribution is -0.142. The minimum absolute atomic E-state index is 0.0252. The Hall–Kier alpha value is -2.29. The minimum Gasteiger partial charge on any atom is -0.481 e. The molecule has 1 aromatic rings. The largest absolute Gasteiger partial charge is 0.481 e. The van der Waals surface area contributed by atoms with E-state index in [1.807, 2.05) is 0 Å². The Kier molecular flexibility index (Phi) is 4.51. The first-order valence-electron chi connectivity index (χ1n) is 7.03. The predicted octanol–water partition coefficient (Wildman–Crippen LogP) is 1.19. The molecule has 0 saturated carbocycles. The van der Waals surface area contributed by atoms with E-state index in [-0.39, 0.29) is 34.9 Å². The SMILES string of the molecule is CCS(=O)(=O)c1ccc(N)cc1[C@H]1[C@H](C(=O)O)CCN1C(=O)O. The summed E-state index contributed by atoms with van der Waals surface area (Å²) in [7, 11) is -3.65. The summed E-state index contributed by atoms with van der Waals surface area (Å²) in [6.45, 7) is 1.49. The number of hydrogen-bond acceptors (Lipinski definition) is 5. The van der Waals surface area contributed by atoms with Gasteiger partial charge >= 0.3 is 12.1 Å². The standard InChI is InChI=1S/C14H18N2O6S/c1-2-23(21,22)11-4-3-8(15)7-10(11)12-9(13(17)18)5-6-16(12)14(19)20/h3-4,7,9,12H,2,5-6,15H2,1H3,(H,17,18)(H,19,20)/t9-,12-/m1/s1. The molecule has 126 valence electrons. The van der Waals surface area contributed by atoms with Crippen LogP contribution in [0.15, 0.2) is 23.1 Å². The summed E-state index contributed by atoms with van der Waals surface area (Å²) in [6.07, 6.45) is -1.17. The van der Waals surface area contributed by atoms with Gasteiger partial charge in [0.1, 0.15) is 0 Å². The van der Waals surface area contributed by atoms with Gasteiger partial charge in [0.15, 0.2) is 9.84 Å². The van der Waals surface area contributed by atoms with Crippen molar-refractivity contribution >= 4 is 27.6 Å². The highest BCUT2D eigenvalue weighted by Crippen LogP contribution is 2.41. The molecule has 4 N–H and O–H groups in total. The predicted molar refractivity (Wildman–Crippen MR) is 81.8 cm³/mol. The van der Waals surface area contributed by atoms with E-state index in [0.29, 0.717) is 0 Å². The average molecular weight is 342 g/mol. The number of hydrogen-bond donors (Lipinski definition) is 3. The van der Waals surface area contributed by atoms with Crippen LogP contribution in [-0.4, -0.2) is 47.9 Å². The molecule has 1 amide bonds. The van der Waals surface area contributed by atoms with Gasteiger partial charge < -0.3 is 20.8 Å². The number of anilines is 1. The van der Waals surface area contributed by atoms with E-state index in [1.54, 1.807) is 0 Å². The van der Waals surface area contributed by atoms with Crippen LogP contribution in [0, 0.1) is 5.92 Å². The number of likely N-dealkylation sites (tertiary alicyclic amines) is 1. The lowest BCUT2D eigenvalue weighted by atomic mass is 9.93. The molecule has 0 bridgehead atoms. The molecular formula is C14H18N2O6S. The van der Waals surface area contributed by atoms with Crippen LogP contribution < -0.4 is 5.73 Å². The van der Waals surface area contributed by atoms with Gasteiger partial charge in [-0.15, -0.1) is 0 Å². The second kappa shape index (κ2) is 6.07. The molecule has 0 radical (unpaired) electrons. The number of nitrogens with two attached hydrogens (primary N) is 1. The molecule has 1 fully saturated rings. The van der Waals surface area contributed by atoms with Gasteiger partial charge in [-0.3, -0.25) is 4.79 Å². The lowest BCUT2D eigenvalue weighted by Gasteiger charge is -2.26. The number of aliphatic carboxylic acids is 1. The molecule has 1 aliphatic rings. The Labute approximate surface area is 133 Å². The zero-order chi connectivity index (χ0) is 17.4. The molecule has 23 heavy (non-hydrogen) atoms. The van der Waals surface area contributed by atoms with Gasteiger partial charge in [-0.1, -0.05) is 6.92 Å². The molecule has 1 heterocycles. The van der Waals surface area contributed by atoms with Crippen molar-refractivity contribution < 1.29 is 28.2 Å². The van der Waals surface area contributed by atoms with Gasteiger partial charge in [-0.2, -0.15) is 0 Å². The molecule has 1 saturated heterocycles. The fourth-order valence-corrected chi connectivity index (χ4v) is 4.01. The molecule has 9 heteroatoms. The van der Waals surface area contributed by atoms with Crippen LogP contribution in [0.3, 0.4) is 0 Å². The van der Waals surface area contributed by atoms with Crippen molar-refractivity contribution in [2.75, 3.05) is 18.0 Å². The van der Waals surface area contributed by atoms with Crippen LogP contribution in [0.25, 0.3) is 0 Å². The third-order valence-corrected chi connectivity index (χ3v) is 5.83. The maximum Gasteiger partial charge on any atom is 0.407 e. The molecule has 8 nitrogen and oxygen atoms in total. The molecule has 0 aromatic heterocycles. The van der Waals surface area contributed by atoms with Crippen molar-refractivity contribution in [3.05, 3.63) is 23.8 Å². The van der Waals surface area contributed by atoms with Crippen molar-refractivity contribution in [3.63, 3.8) is 0 Å². The van der Waals surface area contributed by atoms with E-state index >= 15 is 0 Å². The van der Waals surface area contributed by atoms with Crippen LogP contribution >= 0.6 is 0 Å². The number of amides is 1. The molecule has 1 aliphatic heterocycles. The number of nitrogen functional groups attached to an aromatic ring is 1. The van der Waals surface area contributed by atoms with Gasteiger partial charge in [-0.25, -0.2) is 13.2 Å². The first-order chi connectivity index (χ1) is 10.7. The van der Waals surface area contributed by atoms with E-state index in [2.05, 4.69) is 0 Å². The normalized spacial score (nSPS) is 21.3. The number of benzene rings is 1. The highest BCUT2D eigenvalue weighted by molar-refractivity contribution is 7.91. The van der Waals surface area contributed by atoms with E-state index < -0.39 is 33.9 Å². The Morgan fingerprint density at radius 1 is 1.35 bits per heavy atom. The van der Waals surface area contributed by atoms with Crippen molar-refractivity contribution in [2.45, 2.75) is 24.3 Å². The third kappa shape index (κ3) is 3.09. The summed E-state index contributed by atoms with van der Waals surface area (Å²) in [5, 5.41) is 18.7. The fraction of sp³-hybridized carbons (Fsp3) is 0.429. The van der Waals surface area contributed by atoms with E-state index in [0.717, 1.165) is 4.90 Å². The van der Waals surface area contributed by atoms with Gasteiger partial charge in [-0.05, 0) is 30.2 Å². The summed E-state index contributed by atoms with van der Waals surface area (Å²) in [5.41, 5.74) is 6.09. The number of sulfone groups is 1. The highest BCUT2D eigenvalue weighted by atomic mass is 32.2. The number of carboxylic acids is 1. The second-order valence-corrected chi connectivity index (χ2v) is 7.60. The molecule has 2 atom stereocenters. The van der Waals surface area contributed by atoms with E-state index in [9.17, 15) is 28.2 Å². The van der Waals surface area contributed by atoms with Crippen molar-refractivity contribution in [2.24, 2.45) is 5.92 Å². The second-order valence-electron chi connectivity index (χ2n) is 5.35. The zero-order valence-electron chi connectivity index (χ0n) is 12.5. The fourth-order valence-electron chi connectivity index (χ4n) is 2.89. The number of rotatable bonds is 4. The topological polar surface area (TPSA) is 138 Å². The first kappa shape index (κ1) is 17.1. The van der Waals surface area contributed by atoms with Gasteiger partial charge in [0.2, 0.25) is 0 Å². The molecule has 2 rings (SSSR count).